The van der Waals surface area contributed by atoms with E-state index in [1.165, 1.54) is 5.56 Å². The Morgan fingerprint density at radius 1 is 1.59 bits per heavy atom. The van der Waals surface area contributed by atoms with Gasteiger partial charge in [0.15, 0.2) is 0 Å². The molecule has 1 aliphatic heterocycles. The summed E-state index contributed by atoms with van der Waals surface area (Å²) in [5, 5.41) is 11.9. The van der Waals surface area contributed by atoms with E-state index in [4.69, 9.17) is 5.11 Å². The molecule has 0 spiro atoms. The van der Waals surface area contributed by atoms with Crippen molar-refractivity contribution in [1.29, 1.82) is 0 Å². The highest BCUT2D eigenvalue weighted by Crippen LogP contribution is 2.28. The number of amides is 1. The molecule has 0 saturated carbocycles. The third-order valence-electron chi connectivity index (χ3n) is 2.80. The Labute approximate surface area is 109 Å². The molecule has 1 unspecified atom stereocenters. The van der Waals surface area contributed by atoms with Crippen LogP contribution >= 0.6 is 15.9 Å². The molecule has 1 heterocycles. The molecule has 1 aromatic carbocycles. The maximum atomic E-state index is 11.5. The topological polar surface area (TPSA) is 52.6 Å². The summed E-state index contributed by atoms with van der Waals surface area (Å²) in [5.41, 5.74) is 2.16. The van der Waals surface area contributed by atoms with Crippen LogP contribution in [0.15, 0.2) is 22.7 Å². The van der Waals surface area contributed by atoms with Crippen molar-refractivity contribution in [2.24, 2.45) is 0 Å². The fraction of sp³-hybridized carbons (Fsp3) is 0.417. The zero-order chi connectivity index (χ0) is 12.4. The molecule has 17 heavy (non-hydrogen) atoms. The normalized spacial score (nSPS) is 20.3. The van der Waals surface area contributed by atoms with Gasteiger partial charge in [0, 0.05) is 11.0 Å². The Morgan fingerprint density at radius 3 is 3.00 bits per heavy atom. The highest BCUT2D eigenvalue weighted by atomic mass is 79.9. The SMILES string of the molecule is Cc1ccc(N2CC(=O)NC(CO)C2)c(Br)c1. The number of nitrogens with zero attached hydrogens (tertiary/aromatic N) is 1. The lowest BCUT2D eigenvalue weighted by molar-refractivity contribution is -0.121. The van der Waals surface area contributed by atoms with E-state index in [1.54, 1.807) is 0 Å². The molecule has 1 atom stereocenters. The molecule has 1 saturated heterocycles. The molecule has 0 radical (unpaired) electrons. The van der Waals surface area contributed by atoms with Gasteiger partial charge in [0.25, 0.3) is 0 Å². The van der Waals surface area contributed by atoms with Gasteiger partial charge in [-0.05, 0) is 40.5 Å². The fourth-order valence-electron chi connectivity index (χ4n) is 1.98. The van der Waals surface area contributed by atoms with Crippen molar-refractivity contribution in [1.82, 2.24) is 5.32 Å². The van der Waals surface area contributed by atoms with Crippen LogP contribution in [-0.2, 0) is 4.79 Å². The van der Waals surface area contributed by atoms with Crippen molar-refractivity contribution in [3.8, 4) is 0 Å². The van der Waals surface area contributed by atoms with E-state index < -0.39 is 0 Å². The van der Waals surface area contributed by atoms with Crippen molar-refractivity contribution >= 4 is 27.5 Å². The number of aliphatic hydroxyl groups excluding tert-OH is 1. The van der Waals surface area contributed by atoms with Crippen LogP contribution in [0, 0.1) is 6.92 Å². The maximum Gasteiger partial charge on any atom is 0.239 e. The Bertz CT molecular complexity index is 437. The molecule has 0 aliphatic carbocycles. The number of anilines is 1. The number of hydrogen-bond donors (Lipinski definition) is 2. The first kappa shape index (κ1) is 12.4. The Balaban J connectivity index is 2.23. The van der Waals surface area contributed by atoms with Gasteiger partial charge in [0.1, 0.15) is 0 Å². The molecule has 5 heteroatoms. The van der Waals surface area contributed by atoms with Gasteiger partial charge in [0.05, 0.1) is 24.9 Å². The average Bonchev–Trinajstić information content (AvgIpc) is 2.28. The predicted molar refractivity (Wildman–Crippen MR) is 70.1 cm³/mol. The van der Waals surface area contributed by atoms with Crippen LogP contribution in [0.5, 0.6) is 0 Å². The molecular formula is C12H15BrN2O2. The van der Waals surface area contributed by atoms with Gasteiger partial charge in [-0.1, -0.05) is 6.07 Å². The molecule has 92 valence electrons. The van der Waals surface area contributed by atoms with Crippen molar-refractivity contribution in [3.05, 3.63) is 28.2 Å². The maximum absolute atomic E-state index is 11.5. The minimum atomic E-state index is -0.190. The molecule has 2 N–H and O–H groups in total. The van der Waals surface area contributed by atoms with Crippen LogP contribution < -0.4 is 10.2 Å². The van der Waals surface area contributed by atoms with Crippen LogP contribution in [0.4, 0.5) is 5.69 Å². The van der Waals surface area contributed by atoms with Gasteiger partial charge in [-0.3, -0.25) is 4.79 Å². The van der Waals surface area contributed by atoms with Crippen molar-refractivity contribution in [2.75, 3.05) is 24.6 Å². The molecule has 1 aliphatic rings. The summed E-state index contributed by atoms with van der Waals surface area (Å²) in [6.07, 6.45) is 0. The summed E-state index contributed by atoms with van der Waals surface area (Å²) in [4.78, 5) is 13.5. The van der Waals surface area contributed by atoms with E-state index >= 15 is 0 Å². The zero-order valence-corrected chi connectivity index (χ0v) is 11.2. The number of carbonyl (C=O) groups is 1. The lowest BCUT2D eigenvalue weighted by Gasteiger charge is -2.34. The van der Waals surface area contributed by atoms with Crippen LogP contribution in [-0.4, -0.2) is 36.8 Å². The standard InChI is InChI=1S/C12H15BrN2O2/c1-8-2-3-11(10(13)4-8)15-5-9(7-16)14-12(17)6-15/h2-4,9,16H,5-7H2,1H3,(H,14,17). The van der Waals surface area contributed by atoms with E-state index in [0.717, 1.165) is 10.2 Å². The molecule has 1 aromatic rings. The minimum Gasteiger partial charge on any atom is -0.394 e. The van der Waals surface area contributed by atoms with Crippen molar-refractivity contribution in [3.63, 3.8) is 0 Å². The van der Waals surface area contributed by atoms with E-state index in [1.807, 2.05) is 30.0 Å². The summed E-state index contributed by atoms with van der Waals surface area (Å²) in [7, 11) is 0. The smallest absolute Gasteiger partial charge is 0.239 e. The van der Waals surface area contributed by atoms with Gasteiger partial charge in [-0.25, -0.2) is 0 Å². The number of hydrogen-bond acceptors (Lipinski definition) is 3. The summed E-state index contributed by atoms with van der Waals surface area (Å²) >= 11 is 3.51. The van der Waals surface area contributed by atoms with Gasteiger partial charge in [0.2, 0.25) is 5.91 Å². The third kappa shape index (κ3) is 2.79. The van der Waals surface area contributed by atoms with E-state index in [-0.39, 0.29) is 18.6 Å². The second-order valence-electron chi connectivity index (χ2n) is 4.28. The van der Waals surface area contributed by atoms with Crippen LogP contribution in [0.1, 0.15) is 5.56 Å². The number of aliphatic hydroxyl groups is 1. The van der Waals surface area contributed by atoms with Gasteiger partial charge in [-0.15, -0.1) is 0 Å². The first-order valence-electron chi connectivity index (χ1n) is 5.51. The quantitative estimate of drug-likeness (QED) is 0.858. The predicted octanol–water partition coefficient (Wildman–Crippen LogP) is 1.05. The van der Waals surface area contributed by atoms with E-state index in [9.17, 15) is 4.79 Å². The lowest BCUT2D eigenvalue weighted by atomic mass is 10.1. The Morgan fingerprint density at radius 2 is 2.35 bits per heavy atom. The second kappa shape index (κ2) is 5.06. The summed E-state index contributed by atoms with van der Waals surface area (Å²) < 4.78 is 0.976. The second-order valence-corrected chi connectivity index (χ2v) is 5.14. The molecule has 1 amide bonds. The number of halogens is 1. The van der Waals surface area contributed by atoms with E-state index in [2.05, 4.69) is 21.2 Å². The Hall–Kier alpha value is -1.07. The number of aryl methyl sites for hydroxylation is 1. The molecular weight excluding hydrogens is 284 g/mol. The first-order valence-corrected chi connectivity index (χ1v) is 6.31. The van der Waals surface area contributed by atoms with Crippen LogP contribution in [0.2, 0.25) is 0 Å². The molecule has 2 rings (SSSR count). The first-order chi connectivity index (χ1) is 8.10. The largest absolute Gasteiger partial charge is 0.394 e. The molecule has 0 bridgehead atoms. The summed E-state index contributed by atoms with van der Waals surface area (Å²) in [6.45, 7) is 2.95. The number of nitrogens with one attached hydrogen (secondary N) is 1. The van der Waals surface area contributed by atoms with Gasteiger partial charge >= 0.3 is 0 Å². The number of carbonyl (C=O) groups excluding carboxylic acids is 1. The van der Waals surface area contributed by atoms with Crippen LogP contribution in [0.25, 0.3) is 0 Å². The van der Waals surface area contributed by atoms with Gasteiger partial charge in [-0.2, -0.15) is 0 Å². The highest BCUT2D eigenvalue weighted by Gasteiger charge is 2.25. The Kier molecular flexibility index (Phi) is 3.69. The number of piperazine rings is 1. The molecule has 4 nitrogen and oxygen atoms in total. The van der Waals surface area contributed by atoms with Crippen LogP contribution in [0.3, 0.4) is 0 Å². The molecule has 0 aromatic heterocycles. The third-order valence-corrected chi connectivity index (χ3v) is 3.44. The monoisotopic (exact) mass is 298 g/mol. The van der Waals surface area contributed by atoms with Gasteiger partial charge < -0.3 is 15.3 Å². The van der Waals surface area contributed by atoms with Crippen molar-refractivity contribution in [2.45, 2.75) is 13.0 Å². The summed E-state index contributed by atoms with van der Waals surface area (Å²) in [6, 6.07) is 5.84. The fourth-order valence-corrected chi connectivity index (χ4v) is 2.72. The number of benzene rings is 1. The van der Waals surface area contributed by atoms with Crippen molar-refractivity contribution < 1.29 is 9.90 Å². The highest BCUT2D eigenvalue weighted by molar-refractivity contribution is 9.10. The molecule has 1 fully saturated rings. The lowest BCUT2D eigenvalue weighted by Crippen LogP contribution is -2.55. The summed E-state index contributed by atoms with van der Waals surface area (Å²) in [5.74, 6) is -0.0530. The van der Waals surface area contributed by atoms with E-state index in [0.29, 0.717) is 13.1 Å². The number of rotatable bonds is 2. The minimum absolute atomic E-state index is 0.0360. The average molecular weight is 299 g/mol. The zero-order valence-electron chi connectivity index (χ0n) is 9.61.